The number of hydrogen-bond acceptors (Lipinski definition) is 5. The van der Waals surface area contributed by atoms with Gasteiger partial charge in [-0.2, -0.15) is 0 Å². The van der Waals surface area contributed by atoms with Gasteiger partial charge in [-0.25, -0.2) is 4.79 Å². The first-order chi connectivity index (χ1) is 11.6. The van der Waals surface area contributed by atoms with Gasteiger partial charge < -0.3 is 24.6 Å². The smallest absolute Gasteiger partial charge is 0.409 e. The Labute approximate surface area is 143 Å². The lowest BCUT2D eigenvalue weighted by Crippen LogP contribution is -2.54. The van der Waals surface area contributed by atoms with E-state index in [1.807, 2.05) is 0 Å². The Hall–Kier alpha value is -1.83. The van der Waals surface area contributed by atoms with Crippen LogP contribution in [0.1, 0.15) is 33.1 Å². The molecule has 0 saturated carbocycles. The SMILES string of the molecule is CCCCOCCCNC(=O)C(=O)N1CCN(C(=O)OCC)CC1. The third-order valence-corrected chi connectivity index (χ3v) is 3.68. The lowest BCUT2D eigenvalue weighted by atomic mass is 10.3. The van der Waals surface area contributed by atoms with Gasteiger partial charge in [0, 0.05) is 45.9 Å². The summed E-state index contributed by atoms with van der Waals surface area (Å²) in [6.45, 7) is 7.32. The molecule has 8 heteroatoms. The topological polar surface area (TPSA) is 88.2 Å². The van der Waals surface area contributed by atoms with Gasteiger partial charge in [0.15, 0.2) is 0 Å². The number of hydrogen-bond donors (Lipinski definition) is 1. The Morgan fingerprint density at radius 1 is 0.958 bits per heavy atom. The number of unbranched alkanes of at least 4 members (excludes halogenated alkanes) is 1. The minimum atomic E-state index is -0.604. The van der Waals surface area contributed by atoms with Crippen LogP contribution in [0.25, 0.3) is 0 Å². The van der Waals surface area contributed by atoms with Gasteiger partial charge in [-0.3, -0.25) is 9.59 Å². The molecule has 3 amide bonds. The van der Waals surface area contributed by atoms with Crippen LogP contribution >= 0.6 is 0 Å². The number of carbonyl (C=O) groups excluding carboxylic acids is 3. The van der Waals surface area contributed by atoms with E-state index in [-0.39, 0.29) is 6.09 Å². The van der Waals surface area contributed by atoms with E-state index in [2.05, 4.69) is 12.2 Å². The summed E-state index contributed by atoms with van der Waals surface area (Å²) in [4.78, 5) is 38.5. The van der Waals surface area contributed by atoms with Crippen LogP contribution < -0.4 is 5.32 Å². The Bertz CT molecular complexity index is 409. The van der Waals surface area contributed by atoms with Crippen molar-refractivity contribution in [2.45, 2.75) is 33.1 Å². The summed E-state index contributed by atoms with van der Waals surface area (Å²) in [6.07, 6.45) is 2.42. The first-order valence-electron chi connectivity index (χ1n) is 8.66. The molecule has 1 aliphatic rings. The third kappa shape index (κ3) is 7.16. The standard InChI is InChI=1S/C16H29N3O5/c1-3-5-12-23-13-6-7-17-14(20)15(21)18-8-10-19(11-9-18)16(22)24-4-2/h3-13H2,1-2H3,(H,17,20). The lowest BCUT2D eigenvalue weighted by Gasteiger charge is -2.33. The maximum atomic E-state index is 12.1. The first kappa shape index (κ1) is 20.2. The van der Waals surface area contributed by atoms with Crippen LogP contribution in [0, 0.1) is 0 Å². The summed E-state index contributed by atoms with van der Waals surface area (Å²) >= 11 is 0. The molecule has 0 aromatic carbocycles. The quantitative estimate of drug-likeness (QED) is 0.515. The van der Waals surface area contributed by atoms with Gasteiger partial charge in [0.2, 0.25) is 0 Å². The number of ether oxygens (including phenoxy) is 2. The van der Waals surface area contributed by atoms with Crippen LogP contribution in [-0.4, -0.2) is 80.3 Å². The number of amides is 3. The number of nitrogens with zero attached hydrogens (tertiary/aromatic N) is 2. The minimum Gasteiger partial charge on any atom is -0.450 e. The average Bonchev–Trinajstić information content (AvgIpc) is 2.60. The number of piperazine rings is 1. The molecular weight excluding hydrogens is 314 g/mol. The maximum Gasteiger partial charge on any atom is 0.409 e. The van der Waals surface area contributed by atoms with Crippen molar-refractivity contribution in [3.05, 3.63) is 0 Å². The molecule has 24 heavy (non-hydrogen) atoms. The van der Waals surface area contributed by atoms with Gasteiger partial charge in [0.1, 0.15) is 0 Å². The number of rotatable bonds is 8. The molecule has 1 aliphatic heterocycles. The molecule has 1 N–H and O–H groups in total. The second-order valence-electron chi connectivity index (χ2n) is 5.55. The van der Waals surface area contributed by atoms with Crippen LogP contribution in [0.3, 0.4) is 0 Å². The van der Waals surface area contributed by atoms with Gasteiger partial charge in [0.05, 0.1) is 6.61 Å². The Balaban J connectivity index is 2.18. The molecule has 1 rings (SSSR count). The van der Waals surface area contributed by atoms with E-state index < -0.39 is 11.8 Å². The van der Waals surface area contributed by atoms with Gasteiger partial charge in [0.25, 0.3) is 0 Å². The van der Waals surface area contributed by atoms with E-state index in [9.17, 15) is 14.4 Å². The second kappa shape index (κ2) is 11.7. The third-order valence-electron chi connectivity index (χ3n) is 3.68. The van der Waals surface area contributed by atoms with Crippen molar-refractivity contribution in [3.8, 4) is 0 Å². The van der Waals surface area contributed by atoms with E-state index in [0.717, 1.165) is 19.4 Å². The second-order valence-corrected chi connectivity index (χ2v) is 5.55. The van der Waals surface area contributed by atoms with Crippen molar-refractivity contribution >= 4 is 17.9 Å². The normalized spacial score (nSPS) is 14.4. The molecule has 138 valence electrons. The lowest BCUT2D eigenvalue weighted by molar-refractivity contribution is -0.146. The molecule has 0 atom stereocenters. The molecule has 1 fully saturated rings. The highest BCUT2D eigenvalue weighted by Gasteiger charge is 2.28. The molecule has 1 saturated heterocycles. The zero-order valence-electron chi connectivity index (χ0n) is 14.7. The zero-order chi connectivity index (χ0) is 17.8. The molecule has 0 aromatic rings. The van der Waals surface area contributed by atoms with Crippen molar-refractivity contribution in [1.82, 2.24) is 15.1 Å². The summed E-state index contributed by atoms with van der Waals surface area (Å²) in [5.41, 5.74) is 0. The molecule has 0 spiro atoms. The van der Waals surface area contributed by atoms with Gasteiger partial charge in [-0.05, 0) is 19.8 Å². The summed E-state index contributed by atoms with van der Waals surface area (Å²) in [5.74, 6) is -1.15. The van der Waals surface area contributed by atoms with E-state index in [1.54, 1.807) is 11.8 Å². The van der Waals surface area contributed by atoms with Crippen LogP contribution in [0.2, 0.25) is 0 Å². The van der Waals surface area contributed by atoms with Gasteiger partial charge >= 0.3 is 17.9 Å². The summed E-state index contributed by atoms with van der Waals surface area (Å²) in [5, 5.41) is 2.61. The van der Waals surface area contributed by atoms with E-state index in [1.165, 1.54) is 4.90 Å². The summed E-state index contributed by atoms with van der Waals surface area (Å²) < 4.78 is 10.3. The molecule has 0 bridgehead atoms. The van der Waals surface area contributed by atoms with Crippen molar-refractivity contribution in [1.29, 1.82) is 0 Å². The Morgan fingerprint density at radius 3 is 2.21 bits per heavy atom. The van der Waals surface area contributed by atoms with Crippen molar-refractivity contribution in [2.75, 3.05) is 52.5 Å². The summed E-state index contributed by atoms with van der Waals surface area (Å²) in [7, 11) is 0. The highest BCUT2D eigenvalue weighted by molar-refractivity contribution is 6.35. The van der Waals surface area contributed by atoms with Crippen molar-refractivity contribution < 1.29 is 23.9 Å². The largest absolute Gasteiger partial charge is 0.450 e. The summed E-state index contributed by atoms with van der Waals surface area (Å²) in [6, 6.07) is 0. The first-order valence-corrected chi connectivity index (χ1v) is 8.66. The van der Waals surface area contributed by atoms with Crippen LogP contribution in [0.4, 0.5) is 4.79 Å². The molecule has 0 aromatic heterocycles. The fourth-order valence-electron chi connectivity index (χ4n) is 2.25. The zero-order valence-corrected chi connectivity index (χ0v) is 14.7. The molecule has 0 unspecified atom stereocenters. The predicted octanol–water partition coefficient (Wildman–Crippen LogP) is 0.610. The van der Waals surface area contributed by atoms with Gasteiger partial charge in [-0.15, -0.1) is 0 Å². The highest BCUT2D eigenvalue weighted by Crippen LogP contribution is 2.04. The number of nitrogens with one attached hydrogen (secondary N) is 1. The van der Waals surface area contributed by atoms with E-state index in [0.29, 0.717) is 52.4 Å². The predicted molar refractivity (Wildman–Crippen MR) is 88.5 cm³/mol. The number of carbonyl (C=O) groups is 3. The van der Waals surface area contributed by atoms with Crippen LogP contribution in [-0.2, 0) is 19.1 Å². The minimum absolute atomic E-state index is 0.322. The van der Waals surface area contributed by atoms with Crippen molar-refractivity contribution in [3.63, 3.8) is 0 Å². The Morgan fingerprint density at radius 2 is 1.58 bits per heavy atom. The molecule has 8 nitrogen and oxygen atoms in total. The fraction of sp³-hybridized carbons (Fsp3) is 0.812. The monoisotopic (exact) mass is 343 g/mol. The fourth-order valence-corrected chi connectivity index (χ4v) is 2.25. The van der Waals surface area contributed by atoms with Crippen LogP contribution in [0.15, 0.2) is 0 Å². The highest BCUT2D eigenvalue weighted by atomic mass is 16.6. The molecular formula is C16H29N3O5. The maximum absolute atomic E-state index is 12.1. The average molecular weight is 343 g/mol. The van der Waals surface area contributed by atoms with Gasteiger partial charge in [-0.1, -0.05) is 13.3 Å². The van der Waals surface area contributed by atoms with Crippen LogP contribution in [0.5, 0.6) is 0 Å². The van der Waals surface area contributed by atoms with Crippen molar-refractivity contribution in [2.24, 2.45) is 0 Å². The van der Waals surface area contributed by atoms with E-state index >= 15 is 0 Å². The molecule has 1 heterocycles. The Kier molecular flexibility index (Phi) is 9.83. The van der Waals surface area contributed by atoms with E-state index in [4.69, 9.17) is 9.47 Å². The molecule has 0 aliphatic carbocycles. The molecule has 0 radical (unpaired) electrons.